The Morgan fingerprint density at radius 3 is 2.07 bits per heavy atom. The minimum Gasteiger partial charge on any atom is -0.810 e. The second-order valence-electron chi connectivity index (χ2n) is 2.29. The van der Waals surface area contributed by atoms with E-state index in [1.54, 1.807) is 0 Å². The van der Waals surface area contributed by atoms with E-state index in [0.717, 1.165) is 0 Å². The number of carbonyl (C=O) groups excluding carboxylic acids is 2. The second kappa shape index (κ2) is 5.35. The normalized spacial score (nSPS) is 13.6. The van der Waals surface area contributed by atoms with Crippen molar-refractivity contribution in [3.63, 3.8) is 0 Å². The number of hydrogen-bond donors (Lipinski definition) is 0. The largest absolute Gasteiger partial charge is 0.810 e. The van der Waals surface area contributed by atoms with E-state index in [9.17, 15) is 34.2 Å². The summed E-state index contributed by atoms with van der Waals surface area (Å²) in [5.74, 6) is -3.40. The lowest BCUT2D eigenvalue weighted by Gasteiger charge is -2.31. The number of carbonyl (C=O) groups is 2. The lowest BCUT2D eigenvalue weighted by Crippen LogP contribution is -2.38. The molecule has 0 radical (unpaired) electrons. The van der Waals surface area contributed by atoms with Gasteiger partial charge in [0.25, 0.3) is 0 Å². The van der Waals surface area contributed by atoms with Crippen LogP contribution in [0, 0.1) is 0 Å². The van der Waals surface area contributed by atoms with Crippen LogP contribution in [0.3, 0.4) is 0 Å². The van der Waals surface area contributed by atoms with E-state index in [-0.39, 0.29) is 11.8 Å². The summed E-state index contributed by atoms with van der Waals surface area (Å²) < 4.78 is 10.1. The van der Waals surface area contributed by atoms with Crippen LogP contribution in [-0.2, 0) is 14.2 Å². The molecule has 0 aromatic rings. The Morgan fingerprint density at radius 1 is 1.29 bits per heavy atom. The van der Waals surface area contributed by atoms with E-state index < -0.39 is 36.7 Å². The maximum atomic E-state index is 10.2. The molecule has 0 aliphatic carbocycles. The van der Waals surface area contributed by atoms with Crippen LogP contribution in [0.1, 0.15) is 6.42 Å². The molecule has 0 fully saturated rings. The molecule has 0 heterocycles. The predicted molar refractivity (Wildman–Crippen MR) is 38.5 cm³/mol. The highest BCUT2D eigenvalue weighted by molar-refractivity contribution is 8.05. The Bertz CT molecular complexity index is 271. The highest BCUT2D eigenvalue weighted by atomic mass is 32.2. The molecule has 1 atom stereocenters. The molecule has 0 aromatic heterocycles. The summed E-state index contributed by atoms with van der Waals surface area (Å²) in [4.78, 5) is 40.5. The van der Waals surface area contributed by atoms with Gasteiger partial charge in [0.05, 0.1) is 5.97 Å². The number of carboxylic acids is 2. The van der Waals surface area contributed by atoms with Gasteiger partial charge in [-0.05, 0) is 0 Å². The Hall–Kier alpha value is -0.560. The van der Waals surface area contributed by atoms with Crippen molar-refractivity contribution in [2.24, 2.45) is 0 Å². The van der Waals surface area contributed by atoms with Crippen molar-refractivity contribution in [3.8, 4) is 0 Å². The fourth-order valence-corrected chi connectivity index (χ4v) is 2.38. The summed E-state index contributed by atoms with van der Waals surface area (Å²) >= 11 is 0.194. The standard InChI is InChI=1S/C5H9O7PS/c6-4(7)1-3(5(8)9)14-2-13(10,11)12/h3H,1-2H2,(H,6,7)(H,8,9)(H2,10,11,12)/p-4. The first kappa shape index (κ1) is 13.4. The first-order valence-electron chi connectivity index (χ1n) is 3.26. The van der Waals surface area contributed by atoms with Crippen molar-refractivity contribution in [1.82, 2.24) is 0 Å². The molecule has 0 rings (SSSR count). The molecule has 14 heavy (non-hydrogen) atoms. The van der Waals surface area contributed by atoms with Gasteiger partial charge in [-0.25, -0.2) is 0 Å². The van der Waals surface area contributed by atoms with E-state index in [0.29, 0.717) is 0 Å². The molecule has 82 valence electrons. The van der Waals surface area contributed by atoms with Gasteiger partial charge in [-0.15, -0.1) is 11.8 Å². The molecule has 0 aromatic carbocycles. The predicted octanol–water partition coefficient (Wildman–Crippen LogP) is -4.15. The summed E-state index contributed by atoms with van der Waals surface area (Å²) in [6.45, 7) is 0. The molecule has 0 amide bonds. The maximum Gasteiger partial charge on any atom is 0.0548 e. The molecule has 0 aliphatic rings. The number of rotatable bonds is 6. The second-order valence-corrected chi connectivity index (χ2v) is 5.45. The van der Waals surface area contributed by atoms with Crippen LogP contribution in [0.25, 0.3) is 0 Å². The van der Waals surface area contributed by atoms with Crippen LogP contribution in [0.5, 0.6) is 0 Å². The summed E-state index contributed by atoms with van der Waals surface area (Å²) in [5.41, 5.74) is -0.987. The monoisotopic (exact) mass is 240 g/mol. The molecule has 0 aliphatic heterocycles. The summed E-state index contributed by atoms with van der Waals surface area (Å²) in [5, 5.41) is 18.6. The van der Waals surface area contributed by atoms with Crippen molar-refractivity contribution < 1.29 is 34.2 Å². The summed E-state index contributed by atoms with van der Waals surface area (Å²) in [6, 6.07) is 0. The van der Waals surface area contributed by atoms with E-state index in [1.165, 1.54) is 0 Å². The first-order chi connectivity index (χ1) is 6.22. The highest BCUT2D eigenvalue weighted by Crippen LogP contribution is 2.32. The smallest absolute Gasteiger partial charge is 0.0548 e. The van der Waals surface area contributed by atoms with E-state index in [1.807, 2.05) is 0 Å². The Labute approximate surface area is 83.3 Å². The fourth-order valence-electron chi connectivity index (χ4n) is 0.543. The maximum absolute atomic E-state index is 10.2. The average Bonchev–Trinajstić information content (AvgIpc) is 1.94. The van der Waals surface area contributed by atoms with Crippen molar-refractivity contribution in [2.45, 2.75) is 11.7 Å². The van der Waals surface area contributed by atoms with Gasteiger partial charge >= 0.3 is 0 Å². The Balaban J connectivity index is 4.18. The van der Waals surface area contributed by atoms with Crippen molar-refractivity contribution >= 4 is 31.3 Å². The van der Waals surface area contributed by atoms with Gasteiger partial charge in [0, 0.05) is 23.1 Å². The molecule has 0 N–H and O–H groups in total. The topological polar surface area (TPSA) is 143 Å². The molecule has 0 saturated heterocycles. The van der Waals surface area contributed by atoms with E-state index >= 15 is 0 Å². The van der Waals surface area contributed by atoms with Crippen LogP contribution in [0.4, 0.5) is 0 Å². The zero-order chi connectivity index (χ0) is 11.4. The van der Waals surface area contributed by atoms with Crippen molar-refractivity contribution in [2.75, 3.05) is 5.49 Å². The van der Waals surface area contributed by atoms with Gasteiger partial charge in [-0.2, -0.15) is 0 Å². The number of hydrogen-bond acceptors (Lipinski definition) is 8. The number of aliphatic carboxylic acids is 2. The van der Waals surface area contributed by atoms with Crippen molar-refractivity contribution in [1.29, 1.82) is 0 Å². The number of carboxylic acid groups (broad SMARTS) is 2. The molecule has 1 unspecified atom stereocenters. The molecular formula is C5H5O7PS-4. The zero-order valence-corrected chi connectivity index (χ0v) is 8.42. The van der Waals surface area contributed by atoms with Gasteiger partial charge in [0.15, 0.2) is 0 Å². The molecule has 9 heteroatoms. The van der Waals surface area contributed by atoms with Crippen LogP contribution in [0.15, 0.2) is 0 Å². The quantitative estimate of drug-likeness (QED) is 0.425. The fraction of sp³-hybridized carbons (Fsp3) is 0.600. The van der Waals surface area contributed by atoms with E-state index in [2.05, 4.69) is 0 Å². The Kier molecular flexibility index (Phi) is 5.14. The SMILES string of the molecule is O=C([O-])CC(SCP(=O)([O-])[O-])C(=O)[O-]. The van der Waals surface area contributed by atoms with Crippen LogP contribution >= 0.6 is 19.4 Å². The molecule has 0 saturated carbocycles. The number of thioether (sulfide) groups is 1. The van der Waals surface area contributed by atoms with Crippen molar-refractivity contribution in [3.05, 3.63) is 0 Å². The van der Waals surface area contributed by atoms with Gasteiger partial charge < -0.3 is 34.2 Å². The average molecular weight is 240 g/mol. The zero-order valence-electron chi connectivity index (χ0n) is 6.70. The lowest BCUT2D eigenvalue weighted by molar-refractivity contribution is -0.314. The third-order valence-electron chi connectivity index (χ3n) is 1.05. The van der Waals surface area contributed by atoms with Crippen LogP contribution in [-0.4, -0.2) is 22.7 Å². The molecule has 0 spiro atoms. The molecule has 0 bridgehead atoms. The molecular weight excluding hydrogens is 235 g/mol. The lowest BCUT2D eigenvalue weighted by atomic mass is 10.3. The van der Waals surface area contributed by atoms with Gasteiger partial charge in [0.1, 0.15) is 0 Å². The van der Waals surface area contributed by atoms with Gasteiger partial charge in [0.2, 0.25) is 0 Å². The van der Waals surface area contributed by atoms with E-state index in [4.69, 9.17) is 0 Å². The third-order valence-corrected chi connectivity index (χ3v) is 3.67. The van der Waals surface area contributed by atoms with Crippen LogP contribution < -0.4 is 20.0 Å². The van der Waals surface area contributed by atoms with Crippen LogP contribution in [0.2, 0.25) is 0 Å². The first-order valence-corrected chi connectivity index (χ1v) is 6.03. The molecule has 7 nitrogen and oxygen atoms in total. The van der Waals surface area contributed by atoms with Gasteiger partial charge in [-0.3, -0.25) is 0 Å². The summed E-state index contributed by atoms with van der Waals surface area (Å²) in [7, 11) is -4.84. The minimum atomic E-state index is -4.84. The van der Waals surface area contributed by atoms with Gasteiger partial charge in [-0.1, -0.05) is 7.60 Å². The minimum absolute atomic E-state index is 0.194. The third kappa shape index (κ3) is 6.90. The Morgan fingerprint density at radius 2 is 1.79 bits per heavy atom. The summed E-state index contributed by atoms with van der Waals surface area (Å²) in [6.07, 6.45) is -0.896. The highest BCUT2D eigenvalue weighted by Gasteiger charge is 2.11.